The van der Waals surface area contributed by atoms with Gasteiger partial charge >= 0.3 is 0 Å². The lowest BCUT2D eigenvalue weighted by Gasteiger charge is -2.09. The summed E-state index contributed by atoms with van der Waals surface area (Å²) in [5.41, 5.74) is 8.80. The number of benzene rings is 2. The summed E-state index contributed by atoms with van der Waals surface area (Å²) in [5.74, 6) is 1.69. The second kappa shape index (κ2) is 7.18. The van der Waals surface area contributed by atoms with Crippen molar-refractivity contribution in [2.45, 2.75) is 13.0 Å². The summed E-state index contributed by atoms with van der Waals surface area (Å²) < 4.78 is 11.9. The van der Waals surface area contributed by atoms with Gasteiger partial charge in [0.2, 0.25) is 0 Å². The van der Waals surface area contributed by atoms with Gasteiger partial charge in [-0.25, -0.2) is 0 Å². The SMILES string of the molecule is NCCCOCc1cc2c(s1)-c1cc(Cl)ccc1Oc1ccccc1-2. The van der Waals surface area contributed by atoms with Gasteiger partial charge in [-0.3, -0.25) is 0 Å². The number of nitrogens with two attached hydrogens (primary N) is 1. The van der Waals surface area contributed by atoms with E-state index < -0.39 is 0 Å². The molecule has 1 aromatic heterocycles. The number of ether oxygens (including phenoxy) is 2. The Kier molecular flexibility index (Phi) is 4.77. The summed E-state index contributed by atoms with van der Waals surface area (Å²) in [5, 5.41) is 0.702. The molecular weight excluding hydrogens is 354 g/mol. The van der Waals surface area contributed by atoms with Crippen LogP contribution in [0.25, 0.3) is 21.6 Å². The van der Waals surface area contributed by atoms with Gasteiger partial charge in [0, 0.05) is 38.1 Å². The normalized spacial score (nSPS) is 11.9. The summed E-state index contributed by atoms with van der Waals surface area (Å²) in [6.07, 6.45) is 0.875. The van der Waals surface area contributed by atoms with Crippen LogP contribution in [-0.2, 0) is 11.3 Å². The molecule has 4 rings (SSSR count). The van der Waals surface area contributed by atoms with E-state index in [4.69, 9.17) is 26.8 Å². The van der Waals surface area contributed by atoms with E-state index in [9.17, 15) is 0 Å². The Labute approximate surface area is 156 Å². The van der Waals surface area contributed by atoms with Crippen molar-refractivity contribution in [3.05, 3.63) is 58.4 Å². The van der Waals surface area contributed by atoms with E-state index >= 15 is 0 Å². The summed E-state index contributed by atoms with van der Waals surface area (Å²) >= 11 is 7.97. The first kappa shape index (κ1) is 16.6. The predicted octanol–water partition coefficient (Wildman–Crippen LogP) is 5.71. The average Bonchev–Trinajstić information content (AvgIpc) is 2.99. The number of fused-ring (bicyclic) bond motifs is 5. The lowest BCUT2D eigenvalue weighted by molar-refractivity contribution is 0.122. The predicted molar refractivity (Wildman–Crippen MR) is 104 cm³/mol. The Balaban J connectivity index is 1.79. The quantitative estimate of drug-likeness (QED) is 0.457. The molecule has 0 fully saturated rings. The Morgan fingerprint density at radius 2 is 1.84 bits per heavy atom. The lowest BCUT2D eigenvalue weighted by atomic mass is 10.0. The van der Waals surface area contributed by atoms with Crippen LogP contribution in [0.15, 0.2) is 48.5 Å². The lowest BCUT2D eigenvalue weighted by Crippen LogP contribution is -2.03. The van der Waals surface area contributed by atoms with Crippen LogP contribution in [0.3, 0.4) is 0 Å². The number of thiophene rings is 1. The molecule has 0 radical (unpaired) electrons. The van der Waals surface area contributed by atoms with E-state index in [0.29, 0.717) is 24.8 Å². The minimum Gasteiger partial charge on any atom is -0.456 e. The fourth-order valence-corrected chi connectivity index (χ4v) is 4.24. The van der Waals surface area contributed by atoms with Crippen molar-refractivity contribution in [2.24, 2.45) is 5.73 Å². The monoisotopic (exact) mass is 371 g/mol. The molecule has 0 atom stereocenters. The molecule has 0 aliphatic carbocycles. The zero-order chi connectivity index (χ0) is 17.2. The number of hydrogen-bond acceptors (Lipinski definition) is 4. The second-order valence-electron chi connectivity index (χ2n) is 5.89. The van der Waals surface area contributed by atoms with E-state index in [-0.39, 0.29) is 0 Å². The molecule has 0 spiro atoms. The summed E-state index contributed by atoms with van der Waals surface area (Å²) in [7, 11) is 0. The molecule has 1 aliphatic heterocycles. The van der Waals surface area contributed by atoms with Gasteiger partial charge in [0.25, 0.3) is 0 Å². The summed E-state index contributed by atoms with van der Waals surface area (Å²) in [6.45, 7) is 1.93. The highest BCUT2D eigenvalue weighted by Gasteiger charge is 2.23. The van der Waals surface area contributed by atoms with E-state index in [1.807, 2.05) is 36.4 Å². The maximum atomic E-state index is 6.25. The van der Waals surface area contributed by atoms with Crippen LogP contribution in [0.4, 0.5) is 0 Å². The third kappa shape index (κ3) is 3.31. The molecular formula is C20H18ClNO2S. The highest BCUT2D eigenvalue weighted by Crippen LogP contribution is 2.50. The number of halogens is 1. The fraction of sp³-hybridized carbons (Fsp3) is 0.200. The standard InChI is InChI=1S/C20H18ClNO2S/c21-13-6-7-19-17(10-13)20-16(15-4-1-2-5-18(15)24-19)11-14(25-20)12-23-9-3-8-22/h1-2,4-7,10-11H,3,8-9,12,22H2. The maximum absolute atomic E-state index is 6.25. The average molecular weight is 372 g/mol. The van der Waals surface area contributed by atoms with Crippen LogP contribution >= 0.6 is 22.9 Å². The smallest absolute Gasteiger partial charge is 0.136 e. The van der Waals surface area contributed by atoms with Crippen molar-refractivity contribution in [1.29, 1.82) is 0 Å². The molecule has 2 N–H and O–H groups in total. The zero-order valence-corrected chi connectivity index (χ0v) is 15.2. The molecule has 3 nitrogen and oxygen atoms in total. The second-order valence-corrected chi connectivity index (χ2v) is 7.46. The van der Waals surface area contributed by atoms with Crippen molar-refractivity contribution in [3.8, 4) is 33.1 Å². The molecule has 128 valence electrons. The minimum atomic E-state index is 0.594. The van der Waals surface area contributed by atoms with Crippen molar-refractivity contribution in [1.82, 2.24) is 0 Å². The van der Waals surface area contributed by atoms with Gasteiger partial charge in [0.15, 0.2) is 0 Å². The van der Waals surface area contributed by atoms with Crippen molar-refractivity contribution in [2.75, 3.05) is 13.2 Å². The van der Waals surface area contributed by atoms with Gasteiger partial charge < -0.3 is 15.2 Å². The fourth-order valence-electron chi connectivity index (χ4n) is 2.94. The molecule has 0 saturated heterocycles. The highest BCUT2D eigenvalue weighted by atomic mass is 35.5. The van der Waals surface area contributed by atoms with Gasteiger partial charge in [-0.05, 0) is 43.3 Å². The van der Waals surface area contributed by atoms with E-state index in [1.54, 1.807) is 11.3 Å². The van der Waals surface area contributed by atoms with Crippen molar-refractivity contribution >= 4 is 22.9 Å². The number of hydrogen-bond donors (Lipinski definition) is 1. The first-order chi connectivity index (χ1) is 12.3. The first-order valence-electron chi connectivity index (χ1n) is 8.24. The van der Waals surface area contributed by atoms with Crippen LogP contribution < -0.4 is 10.5 Å². The molecule has 25 heavy (non-hydrogen) atoms. The molecule has 2 heterocycles. The van der Waals surface area contributed by atoms with Crippen molar-refractivity contribution < 1.29 is 9.47 Å². The van der Waals surface area contributed by atoms with Crippen LogP contribution in [0.1, 0.15) is 11.3 Å². The zero-order valence-electron chi connectivity index (χ0n) is 13.6. The van der Waals surface area contributed by atoms with Crippen molar-refractivity contribution in [3.63, 3.8) is 0 Å². The van der Waals surface area contributed by atoms with Crippen LogP contribution in [0.2, 0.25) is 5.02 Å². The topological polar surface area (TPSA) is 44.5 Å². The van der Waals surface area contributed by atoms with Gasteiger partial charge in [0.05, 0.1) is 6.61 Å². The largest absolute Gasteiger partial charge is 0.456 e. The van der Waals surface area contributed by atoms with Crippen LogP contribution in [0.5, 0.6) is 11.5 Å². The number of para-hydroxylation sites is 1. The third-order valence-electron chi connectivity index (χ3n) is 4.10. The molecule has 1 aliphatic rings. The van der Waals surface area contributed by atoms with E-state index in [2.05, 4.69) is 12.1 Å². The molecule has 3 aromatic rings. The Morgan fingerprint density at radius 1 is 1.00 bits per heavy atom. The minimum absolute atomic E-state index is 0.594. The third-order valence-corrected chi connectivity index (χ3v) is 5.48. The Bertz CT molecular complexity index is 906. The highest BCUT2D eigenvalue weighted by molar-refractivity contribution is 7.16. The van der Waals surface area contributed by atoms with Gasteiger partial charge in [-0.2, -0.15) is 0 Å². The Morgan fingerprint density at radius 3 is 2.72 bits per heavy atom. The summed E-state index contributed by atoms with van der Waals surface area (Å²) in [6, 6.07) is 16.1. The summed E-state index contributed by atoms with van der Waals surface area (Å²) in [4.78, 5) is 2.35. The number of rotatable bonds is 5. The molecule has 2 aromatic carbocycles. The molecule has 0 amide bonds. The molecule has 0 bridgehead atoms. The molecule has 0 saturated carbocycles. The van der Waals surface area contributed by atoms with Crippen LogP contribution in [-0.4, -0.2) is 13.2 Å². The molecule has 5 heteroatoms. The van der Waals surface area contributed by atoms with E-state index in [1.165, 1.54) is 15.3 Å². The maximum Gasteiger partial charge on any atom is 0.136 e. The first-order valence-corrected chi connectivity index (χ1v) is 9.43. The molecule has 0 unspecified atom stereocenters. The van der Waals surface area contributed by atoms with Gasteiger partial charge in [-0.1, -0.05) is 29.8 Å². The van der Waals surface area contributed by atoms with Gasteiger partial charge in [-0.15, -0.1) is 11.3 Å². The van der Waals surface area contributed by atoms with Crippen LogP contribution in [0, 0.1) is 0 Å². The van der Waals surface area contributed by atoms with E-state index in [0.717, 1.165) is 29.0 Å². The van der Waals surface area contributed by atoms with Gasteiger partial charge in [0.1, 0.15) is 11.5 Å². The Hall–Kier alpha value is -1.85.